The standard InChI is InChI=1S/C8H11Cl2NO2/c9-5-4-1-2-8(3-11,13-4)7(10)6(5)12/h4-5,7H,1-3,11H2/t4-,5-,7-,8?/m1/s1. The molecule has 2 aliphatic heterocycles. The largest absolute Gasteiger partial charge is 0.366 e. The van der Waals surface area contributed by atoms with E-state index in [1.54, 1.807) is 0 Å². The maximum absolute atomic E-state index is 11.6. The number of nitrogens with two attached hydrogens (primary N) is 1. The first-order valence-electron chi connectivity index (χ1n) is 4.30. The monoisotopic (exact) mass is 223 g/mol. The minimum absolute atomic E-state index is 0.137. The Hall–Kier alpha value is 0.170. The summed E-state index contributed by atoms with van der Waals surface area (Å²) in [4.78, 5) is 11.6. The number of Topliss-reactive ketones (excluding diaryl/α,β-unsaturated/α-hetero) is 1. The van der Waals surface area contributed by atoms with E-state index in [2.05, 4.69) is 0 Å². The van der Waals surface area contributed by atoms with Crippen LogP contribution in [0, 0.1) is 0 Å². The van der Waals surface area contributed by atoms with E-state index in [-0.39, 0.29) is 18.4 Å². The van der Waals surface area contributed by atoms with Crippen molar-refractivity contribution in [2.45, 2.75) is 35.3 Å². The maximum atomic E-state index is 11.6. The Balaban J connectivity index is 2.31. The molecule has 0 aromatic heterocycles. The number of ketones is 1. The molecule has 2 heterocycles. The number of rotatable bonds is 1. The summed E-state index contributed by atoms with van der Waals surface area (Å²) in [7, 11) is 0. The number of hydrogen-bond donors (Lipinski definition) is 1. The van der Waals surface area contributed by atoms with Crippen molar-refractivity contribution < 1.29 is 9.53 Å². The minimum Gasteiger partial charge on any atom is -0.366 e. The normalized spacial score (nSPS) is 49.8. The van der Waals surface area contributed by atoms with Gasteiger partial charge in [0.05, 0.1) is 6.10 Å². The van der Waals surface area contributed by atoms with Crippen LogP contribution < -0.4 is 5.73 Å². The molecule has 5 heteroatoms. The van der Waals surface area contributed by atoms with Crippen molar-refractivity contribution >= 4 is 29.0 Å². The zero-order valence-electron chi connectivity index (χ0n) is 7.00. The minimum atomic E-state index is -0.682. The molecule has 2 rings (SSSR count). The van der Waals surface area contributed by atoms with E-state index < -0.39 is 16.4 Å². The Kier molecular flexibility index (Phi) is 2.31. The van der Waals surface area contributed by atoms with Gasteiger partial charge in [0.1, 0.15) is 16.4 Å². The Morgan fingerprint density at radius 2 is 2.31 bits per heavy atom. The predicted octanol–water partition coefficient (Wildman–Crippen LogP) is 0.660. The molecule has 4 atom stereocenters. The van der Waals surface area contributed by atoms with Crippen LogP contribution in [0.25, 0.3) is 0 Å². The lowest BCUT2D eigenvalue weighted by Crippen LogP contribution is -2.56. The lowest BCUT2D eigenvalue weighted by Gasteiger charge is -2.37. The van der Waals surface area contributed by atoms with E-state index in [1.807, 2.05) is 0 Å². The molecule has 3 nitrogen and oxygen atoms in total. The highest BCUT2D eigenvalue weighted by Gasteiger charge is 2.56. The summed E-state index contributed by atoms with van der Waals surface area (Å²) < 4.78 is 5.62. The van der Waals surface area contributed by atoms with E-state index in [4.69, 9.17) is 33.7 Å². The molecule has 0 spiro atoms. The number of fused-ring (bicyclic) bond motifs is 2. The van der Waals surface area contributed by atoms with E-state index in [9.17, 15) is 4.79 Å². The average molecular weight is 224 g/mol. The van der Waals surface area contributed by atoms with Crippen molar-refractivity contribution in [2.75, 3.05) is 6.54 Å². The highest BCUT2D eigenvalue weighted by molar-refractivity contribution is 6.41. The second kappa shape index (κ2) is 3.09. The van der Waals surface area contributed by atoms with Gasteiger partial charge in [-0.3, -0.25) is 4.79 Å². The molecule has 2 N–H and O–H groups in total. The second-order valence-electron chi connectivity index (χ2n) is 3.63. The summed E-state index contributed by atoms with van der Waals surface area (Å²) in [5.74, 6) is -0.137. The molecule has 0 radical (unpaired) electrons. The molecular formula is C8H11Cl2NO2. The number of alkyl halides is 2. The molecule has 2 aliphatic rings. The maximum Gasteiger partial charge on any atom is 0.174 e. The quantitative estimate of drug-likeness (QED) is 0.665. The van der Waals surface area contributed by atoms with E-state index >= 15 is 0 Å². The first-order chi connectivity index (χ1) is 6.10. The molecule has 0 amide bonds. The van der Waals surface area contributed by atoms with Crippen LogP contribution >= 0.6 is 23.2 Å². The van der Waals surface area contributed by atoms with Gasteiger partial charge in [0.25, 0.3) is 0 Å². The second-order valence-corrected chi connectivity index (χ2v) is 4.54. The summed E-state index contributed by atoms with van der Waals surface area (Å²) >= 11 is 11.8. The van der Waals surface area contributed by atoms with Gasteiger partial charge in [0, 0.05) is 6.54 Å². The molecule has 0 aromatic rings. The summed E-state index contributed by atoms with van der Waals surface area (Å²) in [6, 6.07) is 0. The molecule has 13 heavy (non-hydrogen) atoms. The van der Waals surface area contributed by atoms with E-state index in [0.717, 1.165) is 12.8 Å². The van der Waals surface area contributed by atoms with Gasteiger partial charge in [0.15, 0.2) is 5.78 Å². The van der Waals surface area contributed by atoms with Crippen molar-refractivity contribution in [3.8, 4) is 0 Å². The van der Waals surface area contributed by atoms with Crippen molar-refractivity contribution in [1.29, 1.82) is 0 Å². The number of halogens is 2. The third-order valence-corrected chi connectivity index (χ3v) is 4.00. The fourth-order valence-electron chi connectivity index (χ4n) is 2.03. The smallest absolute Gasteiger partial charge is 0.174 e. The first-order valence-corrected chi connectivity index (χ1v) is 5.18. The first kappa shape index (κ1) is 9.71. The van der Waals surface area contributed by atoms with Crippen LogP contribution in [0.5, 0.6) is 0 Å². The SMILES string of the molecule is NCC12CC[C@@H](O1)[C@@H](Cl)C(=O)[C@H]2Cl. The zero-order valence-corrected chi connectivity index (χ0v) is 8.52. The van der Waals surface area contributed by atoms with Gasteiger partial charge >= 0.3 is 0 Å². The fraction of sp³-hybridized carbons (Fsp3) is 0.875. The van der Waals surface area contributed by atoms with Crippen LogP contribution in [0.3, 0.4) is 0 Å². The van der Waals surface area contributed by atoms with Gasteiger partial charge < -0.3 is 10.5 Å². The van der Waals surface area contributed by atoms with E-state index in [1.165, 1.54) is 0 Å². The topological polar surface area (TPSA) is 52.3 Å². The molecule has 2 saturated heterocycles. The summed E-state index contributed by atoms with van der Waals surface area (Å²) in [5.41, 5.74) is 4.92. The van der Waals surface area contributed by atoms with Gasteiger partial charge in [0.2, 0.25) is 0 Å². The molecule has 2 fully saturated rings. The molecule has 1 unspecified atom stereocenters. The number of carbonyl (C=O) groups is 1. The molecule has 74 valence electrons. The van der Waals surface area contributed by atoms with Gasteiger partial charge in [-0.15, -0.1) is 23.2 Å². The predicted molar refractivity (Wildman–Crippen MR) is 50.2 cm³/mol. The lowest BCUT2D eigenvalue weighted by molar-refractivity contribution is -0.136. The summed E-state index contributed by atoms with van der Waals surface area (Å²) in [6.07, 6.45) is 1.32. The Bertz CT molecular complexity index is 248. The van der Waals surface area contributed by atoms with Crippen molar-refractivity contribution in [3.05, 3.63) is 0 Å². The third-order valence-electron chi connectivity index (χ3n) is 2.89. The highest BCUT2D eigenvalue weighted by atomic mass is 35.5. The van der Waals surface area contributed by atoms with Crippen LogP contribution in [0.15, 0.2) is 0 Å². The lowest BCUT2D eigenvalue weighted by atomic mass is 9.93. The third kappa shape index (κ3) is 1.22. The van der Waals surface area contributed by atoms with Crippen LogP contribution in [-0.2, 0) is 9.53 Å². The number of carbonyl (C=O) groups excluding carboxylic acids is 1. The molecule has 0 aliphatic carbocycles. The van der Waals surface area contributed by atoms with Gasteiger partial charge in [-0.1, -0.05) is 0 Å². The fourth-order valence-corrected chi connectivity index (χ4v) is 2.79. The van der Waals surface area contributed by atoms with Crippen LogP contribution in [0.4, 0.5) is 0 Å². The molecule has 0 aromatic carbocycles. The Labute approximate surface area is 86.5 Å². The van der Waals surface area contributed by atoms with Gasteiger partial charge in [-0.2, -0.15) is 0 Å². The van der Waals surface area contributed by atoms with Crippen molar-refractivity contribution in [2.24, 2.45) is 5.73 Å². The van der Waals surface area contributed by atoms with Crippen LogP contribution in [0.2, 0.25) is 0 Å². The van der Waals surface area contributed by atoms with Crippen LogP contribution in [-0.4, -0.2) is 34.8 Å². The van der Waals surface area contributed by atoms with E-state index in [0.29, 0.717) is 0 Å². The average Bonchev–Trinajstić information content (AvgIpc) is 2.55. The van der Waals surface area contributed by atoms with Gasteiger partial charge in [-0.25, -0.2) is 0 Å². The van der Waals surface area contributed by atoms with Crippen LogP contribution in [0.1, 0.15) is 12.8 Å². The number of ether oxygens (including phenoxy) is 1. The molecular weight excluding hydrogens is 213 g/mol. The Morgan fingerprint density at radius 1 is 1.62 bits per heavy atom. The van der Waals surface area contributed by atoms with Crippen molar-refractivity contribution in [3.63, 3.8) is 0 Å². The highest BCUT2D eigenvalue weighted by Crippen LogP contribution is 2.43. The van der Waals surface area contributed by atoms with Gasteiger partial charge in [-0.05, 0) is 12.8 Å². The number of hydrogen-bond acceptors (Lipinski definition) is 3. The Morgan fingerprint density at radius 3 is 2.92 bits per heavy atom. The van der Waals surface area contributed by atoms with Crippen molar-refractivity contribution in [1.82, 2.24) is 0 Å². The molecule has 2 bridgehead atoms. The summed E-state index contributed by atoms with van der Waals surface area (Å²) in [6.45, 7) is 0.285. The summed E-state index contributed by atoms with van der Waals surface area (Å²) in [5, 5.41) is -1.27. The molecule has 0 saturated carbocycles. The zero-order chi connectivity index (χ0) is 9.64.